The third kappa shape index (κ3) is 3.64. The molecule has 1 unspecified atom stereocenters. The Labute approximate surface area is 117 Å². The number of carbonyl (C=O) groups is 1. The zero-order chi connectivity index (χ0) is 14.4. The third-order valence-electron chi connectivity index (χ3n) is 2.91. The smallest absolute Gasteiger partial charge is 0.220 e. The van der Waals surface area contributed by atoms with E-state index in [-0.39, 0.29) is 18.6 Å². The first-order chi connectivity index (χ1) is 9.70. The second-order valence-electron chi connectivity index (χ2n) is 4.60. The van der Waals surface area contributed by atoms with Crippen molar-refractivity contribution < 1.29 is 9.90 Å². The Balaban J connectivity index is 1.98. The molecule has 1 atom stereocenters. The van der Waals surface area contributed by atoms with Gasteiger partial charge in [0.15, 0.2) is 0 Å². The Hall–Kier alpha value is -2.21. The van der Waals surface area contributed by atoms with Gasteiger partial charge in [-0.05, 0) is 19.1 Å². The molecular weight excluding hydrogens is 256 g/mol. The first-order valence-corrected chi connectivity index (χ1v) is 6.55. The zero-order valence-electron chi connectivity index (χ0n) is 11.4. The number of hydrogen-bond acceptors (Lipinski definition) is 4. The highest BCUT2D eigenvalue weighted by atomic mass is 16.3. The number of nitrogens with zero attached hydrogens (tertiary/aromatic N) is 3. The number of benzene rings is 1. The van der Waals surface area contributed by atoms with Gasteiger partial charge >= 0.3 is 0 Å². The Morgan fingerprint density at radius 2 is 2.15 bits per heavy atom. The number of carbonyl (C=O) groups excluding carboxylic acids is 1. The van der Waals surface area contributed by atoms with Crippen molar-refractivity contribution in [1.82, 2.24) is 20.1 Å². The Kier molecular flexibility index (Phi) is 4.84. The van der Waals surface area contributed by atoms with Gasteiger partial charge in [-0.2, -0.15) is 0 Å². The summed E-state index contributed by atoms with van der Waals surface area (Å²) in [5.41, 5.74) is 0.969. The number of para-hydroxylation sites is 1. The molecule has 1 heterocycles. The Morgan fingerprint density at radius 3 is 2.85 bits per heavy atom. The van der Waals surface area contributed by atoms with Crippen LogP contribution in [-0.4, -0.2) is 38.4 Å². The predicted octanol–water partition coefficient (Wildman–Crippen LogP) is 0.697. The van der Waals surface area contributed by atoms with Crippen molar-refractivity contribution >= 4 is 5.91 Å². The summed E-state index contributed by atoms with van der Waals surface area (Å²) in [6.07, 6.45) is 2.45. The van der Waals surface area contributed by atoms with Crippen LogP contribution in [0.3, 0.4) is 0 Å². The predicted molar refractivity (Wildman–Crippen MR) is 74.4 cm³/mol. The fourth-order valence-corrected chi connectivity index (χ4v) is 1.85. The van der Waals surface area contributed by atoms with E-state index < -0.39 is 0 Å². The molecule has 2 aromatic rings. The first-order valence-electron chi connectivity index (χ1n) is 6.55. The van der Waals surface area contributed by atoms with E-state index in [0.29, 0.717) is 12.8 Å². The number of nitrogens with one attached hydrogen (secondary N) is 1. The van der Waals surface area contributed by atoms with Crippen LogP contribution >= 0.6 is 0 Å². The lowest BCUT2D eigenvalue weighted by atomic mass is 10.2. The van der Waals surface area contributed by atoms with E-state index in [0.717, 1.165) is 11.5 Å². The van der Waals surface area contributed by atoms with Crippen LogP contribution in [0.5, 0.6) is 0 Å². The van der Waals surface area contributed by atoms with E-state index in [2.05, 4.69) is 15.5 Å². The summed E-state index contributed by atoms with van der Waals surface area (Å²) in [5.74, 6) is 0.636. The minimum atomic E-state index is -0.227. The van der Waals surface area contributed by atoms with Gasteiger partial charge in [-0.1, -0.05) is 18.2 Å². The highest BCUT2D eigenvalue weighted by molar-refractivity contribution is 5.76. The van der Waals surface area contributed by atoms with Gasteiger partial charge in [-0.3, -0.25) is 9.36 Å². The lowest BCUT2D eigenvalue weighted by molar-refractivity contribution is -0.121. The molecule has 1 amide bonds. The molecule has 1 aromatic heterocycles. The van der Waals surface area contributed by atoms with Gasteiger partial charge in [0.25, 0.3) is 0 Å². The van der Waals surface area contributed by atoms with Crippen LogP contribution in [0.2, 0.25) is 0 Å². The van der Waals surface area contributed by atoms with E-state index in [1.54, 1.807) is 13.3 Å². The monoisotopic (exact) mass is 274 g/mol. The zero-order valence-corrected chi connectivity index (χ0v) is 11.4. The molecule has 2 rings (SSSR count). The van der Waals surface area contributed by atoms with Crippen molar-refractivity contribution in [2.75, 3.05) is 6.61 Å². The second kappa shape index (κ2) is 6.81. The molecule has 0 spiro atoms. The molecule has 6 nitrogen and oxygen atoms in total. The fraction of sp³-hybridized carbons (Fsp3) is 0.357. The molecule has 0 saturated carbocycles. The van der Waals surface area contributed by atoms with Crippen molar-refractivity contribution in [3.8, 4) is 5.69 Å². The lowest BCUT2D eigenvalue weighted by Gasteiger charge is -2.10. The summed E-state index contributed by atoms with van der Waals surface area (Å²) in [5, 5.41) is 19.5. The van der Waals surface area contributed by atoms with Crippen LogP contribution in [0.15, 0.2) is 36.7 Å². The van der Waals surface area contributed by atoms with Crippen LogP contribution in [0.4, 0.5) is 0 Å². The molecule has 6 heteroatoms. The maximum Gasteiger partial charge on any atom is 0.220 e. The molecule has 2 N–H and O–H groups in total. The van der Waals surface area contributed by atoms with Crippen molar-refractivity contribution in [1.29, 1.82) is 0 Å². The molecule has 0 aliphatic heterocycles. The maximum absolute atomic E-state index is 11.7. The number of hydrogen-bond donors (Lipinski definition) is 2. The number of amides is 1. The fourth-order valence-electron chi connectivity index (χ4n) is 1.85. The highest BCUT2D eigenvalue weighted by Crippen LogP contribution is 2.10. The molecule has 0 radical (unpaired) electrons. The van der Waals surface area contributed by atoms with Crippen molar-refractivity contribution in [2.24, 2.45) is 0 Å². The SMILES string of the molecule is CC(CO)NC(=O)CCc1nncn1-c1ccccc1. The summed E-state index contributed by atoms with van der Waals surface area (Å²) >= 11 is 0. The molecule has 0 bridgehead atoms. The molecular formula is C14H18N4O2. The van der Waals surface area contributed by atoms with Crippen molar-refractivity contribution in [3.05, 3.63) is 42.5 Å². The minimum absolute atomic E-state index is 0.0636. The average molecular weight is 274 g/mol. The summed E-state index contributed by atoms with van der Waals surface area (Å²) in [6, 6.07) is 9.51. The second-order valence-corrected chi connectivity index (χ2v) is 4.60. The summed E-state index contributed by atoms with van der Waals surface area (Å²) in [6.45, 7) is 1.69. The standard InChI is InChI=1S/C14H18N4O2/c1-11(9-19)16-14(20)8-7-13-17-15-10-18(13)12-5-3-2-4-6-12/h2-6,10-11,19H,7-9H2,1H3,(H,16,20). The van der Waals surface area contributed by atoms with Gasteiger partial charge in [0, 0.05) is 24.6 Å². The van der Waals surface area contributed by atoms with E-state index >= 15 is 0 Å². The van der Waals surface area contributed by atoms with Crippen LogP contribution < -0.4 is 5.32 Å². The van der Waals surface area contributed by atoms with Gasteiger partial charge in [-0.25, -0.2) is 0 Å². The molecule has 0 fully saturated rings. The molecule has 20 heavy (non-hydrogen) atoms. The topological polar surface area (TPSA) is 80.0 Å². The number of aryl methyl sites for hydroxylation is 1. The highest BCUT2D eigenvalue weighted by Gasteiger charge is 2.10. The number of aliphatic hydroxyl groups excluding tert-OH is 1. The molecule has 0 aliphatic carbocycles. The lowest BCUT2D eigenvalue weighted by Crippen LogP contribution is -2.35. The Bertz CT molecular complexity index is 553. The molecule has 0 aliphatic rings. The van der Waals surface area contributed by atoms with Gasteiger partial charge in [0.1, 0.15) is 12.2 Å². The van der Waals surface area contributed by atoms with Crippen LogP contribution in [0.1, 0.15) is 19.2 Å². The molecule has 1 aromatic carbocycles. The van der Waals surface area contributed by atoms with Crippen LogP contribution in [0.25, 0.3) is 5.69 Å². The van der Waals surface area contributed by atoms with Gasteiger partial charge in [-0.15, -0.1) is 10.2 Å². The van der Waals surface area contributed by atoms with Crippen LogP contribution in [0, 0.1) is 0 Å². The minimum Gasteiger partial charge on any atom is -0.394 e. The van der Waals surface area contributed by atoms with Gasteiger partial charge in [0.05, 0.1) is 6.61 Å². The quantitative estimate of drug-likeness (QED) is 0.812. The van der Waals surface area contributed by atoms with Crippen molar-refractivity contribution in [3.63, 3.8) is 0 Å². The Morgan fingerprint density at radius 1 is 1.40 bits per heavy atom. The van der Waals surface area contributed by atoms with E-state index in [9.17, 15) is 4.79 Å². The average Bonchev–Trinajstić information content (AvgIpc) is 2.94. The largest absolute Gasteiger partial charge is 0.394 e. The van der Waals surface area contributed by atoms with E-state index in [1.165, 1.54) is 0 Å². The van der Waals surface area contributed by atoms with Gasteiger partial charge in [0.2, 0.25) is 5.91 Å². The number of aromatic nitrogens is 3. The van der Waals surface area contributed by atoms with Crippen LogP contribution in [-0.2, 0) is 11.2 Å². The van der Waals surface area contributed by atoms with Crippen molar-refractivity contribution in [2.45, 2.75) is 25.8 Å². The normalized spacial score (nSPS) is 12.1. The first kappa shape index (κ1) is 14.2. The van der Waals surface area contributed by atoms with E-state index in [1.807, 2.05) is 34.9 Å². The maximum atomic E-state index is 11.7. The number of aliphatic hydroxyl groups is 1. The third-order valence-corrected chi connectivity index (χ3v) is 2.91. The summed E-state index contributed by atoms with van der Waals surface area (Å²) < 4.78 is 1.86. The molecule has 0 saturated heterocycles. The summed E-state index contributed by atoms with van der Waals surface area (Å²) in [4.78, 5) is 11.7. The van der Waals surface area contributed by atoms with Gasteiger partial charge < -0.3 is 10.4 Å². The van der Waals surface area contributed by atoms with E-state index in [4.69, 9.17) is 5.11 Å². The summed E-state index contributed by atoms with van der Waals surface area (Å²) in [7, 11) is 0. The molecule has 106 valence electrons. The number of rotatable bonds is 6.